The second-order valence-corrected chi connectivity index (χ2v) is 10.9. The molecule has 1 atom stereocenters. The first-order valence-electron chi connectivity index (χ1n) is 12.2. The van der Waals surface area contributed by atoms with Crippen molar-refractivity contribution in [1.82, 2.24) is 30.1 Å². The van der Waals surface area contributed by atoms with Crippen LogP contribution in [-0.4, -0.2) is 30.1 Å². The molecule has 0 amide bonds. The number of hydrogen-bond donors (Lipinski definition) is 1. The molecular formula is C28H36N6O. The Labute approximate surface area is 207 Å². The van der Waals surface area contributed by atoms with Gasteiger partial charge in [-0.1, -0.05) is 55.3 Å². The van der Waals surface area contributed by atoms with Gasteiger partial charge in [0, 0.05) is 24.2 Å². The first kappa shape index (κ1) is 24.8. The van der Waals surface area contributed by atoms with E-state index >= 15 is 0 Å². The van der Waals surface area contributed by atoms with Gasteiger partial charge in [-0.05, 0) is 80.1 Å². The Hall–Kier alpha value is -3.32. The van der Waals surface area contributed by atoms with Gasteiger partial charge in [-0.3, -0.25) is 9.69 Å². The van der Waals surface area contributed by atoms with Crippen molar-refractivity contribution in [3.8, 4) is 0 Å². The summed E-state index contributed by atoms with van der Waals surface area (Å²) in [6.07, 6.45) is 0. The van der Waals surface area contributed by atoms with Gasteiger partial charge in [0.25, 0.3) is 5.56 Å². The van der Waals surface area contributed by atoms with Crippen LogP contribution in [0.5, 0.6) is 0 Å². The normalized spacial score (nSPS) is 13.2. The number of pyridine rings is 1. The lowest BCUT2D eigenvalue weighted by atomic mass is 9.98. The largest absolute Gasteiger partial charge is 0.322 e. The van der Waals surface area contributed by atoms with Crippen molar-refractivity contribution in [2.75, 3.05) is 0 Å². The summed E-state index contributed by atoms with van der Waals surface area (Å²) in [6, 6.07) is 16.6. The standard InChI is InChI=1S/C28H36N6O/c1-18(2)25(26-30-31-32-34(26)28(5,6)7)33(16-21-11-8-19(3)9-12-21)17-23-15-22-14-20(4)10-13-24(22)29-27(23)35/h8-15,18,25H,16-17H2,1-7H3,(H,29,35)/t25-/m0/s1. The van der Waals surface area contributed by atoms with E-state index in [9.17, 15) is 4.79 Å². The molecule has 0 aliphatic carbocycles. The number of tetrazole rings is 1. The second-order valence-electron chi connectivity index (χ2n) is 10.9. The van der Waals surface area contributed by atoms with Gasteiger partial charge in [-0.15, -0.1) is 5.10 Å². The smallest absolute Gasteiger partial charge is 0.252 e. The molecule has 0 spiro atoms. The van der Waals surface area contributed by atoms with Crippen LogP contribution in [0.3, 0.4) is 0 Å². The first-order chi connectivity index (χ1) is 16.5. The summed E-state index contributed by atoms with van der Waals surface area (Å²) in [5.74, 6) is 1.03. The summed E-state index contributed by atoms with van der Waals surface area (Å²) in [5.41, 5.74) is 4.83. The lowest BCUT2D eigenvalue weighted by Gasteiger charge is -2.35. The molecule has 0 aliphatic heterocycles. The fraction of sp³-hybridized carbons (Fsp3) is 0.429. The molecular weight excluding hydrogens is 436 g/mol. The molecule has 4 aromatic rings. The Morgan fingerprint density at radius 2 is 1.66 bits per heavy atom. The lowest BCUT2D eigenvalue weighted by molar-refractivity contribution is 0.119. The number of rotatable bonds is 7. The molecule has 2 heterocycles. The van der Waals surface area contributed by atoms with Crippen molar-refractivity contribution >= 4 is 10.9 Å². The van der Waals surface area contributed by atoms with E-state index in [4.69, 9.17) is 0 Å². The Kier molecular flexibility index (Phi) is 6.90. The van der Waals surface area contributed by atoms with Crippen LogP contribution in [0.15, 0.2) is 53.3 Å². The topological polar surface area (TPSA) is 79.7 Å². The van der Waals surface area contributed by atoms with Crippen molar-refractivity contribution < 1.29 is 0 Å². The zero-order chi connectivity index (χ0) is 25.3. The van der Waals surface area contributed by atoms with Gasteiger partial charge < -0.3 is 4.98 Å². The van der Waals surface area contributed by atoms with E-state index in [0.717, 1.165) is 27.9 Å². The average molecular weight is 473 g/mol. The van der Waals surface area contributed by atoms with Gasteiger partial charge in [0.05, 0.1) is 11.6 Å². The molecule has 0 unspecified atom stereocenters. The van der Waals surface area contributed by atoms with E-state index in [0.29, 0.717) is 13.1 Å². The highest BCUT2D eigenvalue weighted by Crippen LogP contribution is 2.32. The van der Waals surface area contributed by atoms with E-state index in [-0.39, 0.29) is 23.1 Å². The van der Waals surface area contributed by atoms with Crippen LogP contribution in [0.4, 0.5) is 0 Å². The molecule has 7 nitrogen and oxygen atoms in total. The van der Waals surface area contributed by atoms with Gasteiger partial charge in [-0.2, -0.15) is 0 Å². The highest BCUT2D eigenvalue weighted by Gasteiger charge is 2.32. The highest BCUT2D eigenvalue weighted by molar-refractivity contribution is 5.79. The zero-order valence-corrected chi connectivity index (χ0v) is 21.8. The molecule has 7 heteroatoms. The predicted molar refractivity (Wildman–Crippen MR) is 140 cm³/mol. The lowest BCUT2D eigenvalue weighted by Crippen LogP contribution is -2.37. The molecule has 0 aliphatic rings. The van der Waals surface area contributed by atoms with Crippen molar-refractivity contribution in [3.63, 3.8) is 0 Å². The van der Waals surface area contributed by atoms with Crippen LogP contribution in [0.1, 0.15) is 68.7 Å². The summed E-state index contributed by atoms with van der Waals surface area (Å²) in [6.45, 7) is 16.0. The number of aromatic nitrogens is 5. The van der Waals surface area contributed by atoms with Crippen molar-refractivity contribution in [2.45, 2.75) is 73.1 Å². The maximum absolute atomic E-state index is 13.1. The summed E-state index contributed by atoms with van der Waals surface area (Å²) >= 11 is 0. The minimum Gasteiger partial charge on any atom is -0.322 e. The minimum atomic E-state index is -0.264. The molecule has 2 aromatic heterocycles. The van der Waals surface area contributed by atoms with Gasteiger partial charge in [0.1, 0.15) is 0 Å². The monoisotopic (exact) mass is 472 g/mol. The number of benzene rings is 2. The molecule has 35 heavy (non-hydrogen) atoms. The zero-order valence-electron chi connectivity index (χ0n) is 21.8. The van der Waals surface area contributed by atoms with Gasteiger partial charge in [0.2, 0.25) is 0 Å². The summed E-state index contributed by atoms with van der Waals surface area (Å²) in [5, 5.41) is 13.9. The van der Waals surface area contributed by atoms with E-state index in [1.165, 1.54) is 11.1 Å². The van der Waals surface area contributed by atoms with Crippen LogP contribution in [0.2, 0.25) is 0 Å². The maximum atomic E-state index is 13.1. The second kappa shape index (κ2) is 9.74. The predicted octanol–water partition coefficient (Wildman–Crippen LogP) is 5.29. The van der Waals surface area contributed by atoms with Crippen LogP contribution < -0.4 is 5.56 Å². The molecule has 0 saturated carbocycles. The Morgan fingerprint density at radius 1 is 0.971 bits per heavy atom. The molecule has 0 fully saturated rings. The van der Waals surface area contributed by atoms with E-state index in [1.54, 1.807) is 0 Å². The number of aryl methyl sites for hydroxylation is 2. The fourth-order valence-corrected chi connectivity index (χ4v) is 4.63. The molecule has 0 saturated heterocycles. The molecule has 184 valence electrons. The Morgan fingerprint density at radius 3 is 2.31 bits per heavy atom. The van der Waals surface area contributed by atoms with Crippen LogP contribution in [0, 0.1) is 19.8 Å². The molecule has 0 bridgehead atoms. The Balaban J connectivity index is 1.81. The van der Waals surface area contributed by atoms with Gasteiger partial charge in [-0.25, -0.2) is 4.68 Å². The van der Waals surface area contributed by atoms with Gasteiger partial charge >= 0.3 is 0 Å². The molecule has 4 rings (SSSR count). The van der Waals surface area contributed by atoms with E-state index in [2.05, 4.69) is 104 Å². The third-order valence-corrected chi connectivity index (χ3v) is 6.37. The number of nitrogens with zero attached hydrogens (tertiary/aromatic N) is 5. The summed E-state index contributed by atoms with van der Waals surface area (Å²) in [4.78, 5) is 18.5. The first-order valence-corrected chi connectivity index (χ1v) is 12.2. The summed E-state index contributed by atoms with van der Waals surface area (Å²) < 4.78 is 1.91. The third kappa shape index (κ3) is 5.51. The quantitative estimate of drug-likeness (QED) is 0.396. The minimum absolute atomic E-state index is 0.0619. The van der Waals surface area contributed by atoms with E-state index in [1.807, 2.05) is 22.9 Å². The van der Waals surface area contributed by atoms with Crippen molar-refractivity contribution in [1.29, 1.82) is 0 Å². The highest BCUT2D eigenvalue weighted by atomic mass is 16.1. The van der Waals surface area contributed by atoms with Gasteiger partial charge in [0.15, 0.2) is 5.82 Å². The number of H-pyrrole nitrogens is 1. The molecule has 0 radical (unpaired) electrons. The third-order valence-electron chi connectivity index (χ3n) is 6.37. The number of nitrogens with one attached hydrogen (secondary N) is 1. The average Bonchev–Trinajstić information content (AvgIpc) is 3.26. The summed E-state index contributed by atoms with van der Waals surface area (Å²) in [7, 11) is 0. The van der Waals surface area contributed by atoms with Crippen LogP contribution in [0.25, 0.3) is 10.9 Å². The van der Waals surface area contributed by atoms with Crippen LogP contribution in [-0.2, 0) is 18.6 Å². The fourth-order valence-electron chi connectivity index (χ4n) is 4.63. The SMILES string of the molecule is Cc1ccc(CN(Cc2cc3cc(C)ccc3[nH]c2=O)[C@H](c2nnnn2C(C)(C)C)C(C)C)cc1. The number of aromatic amines is 1. The van der Waals surface area contributed by atoms with Crippen LogP contribution >= 0.6 is 0 Å². The Bertz CT molecular complexity index is 1360. The molecule has 2 aromatic carbocycles. The number of fused-ring (bicyclic) bond motifs is 1. The number of hydrogen-bond acceptors (Lipinski definition) is 5. The maximum Gasteiger partial charge on any atom is 0.252 e. The van der Waals surface area contributed by atoms with Crippen molar-refractivity contribution in [3.05, 3.63) is 87.0 Å². The van der Waals surface area contributed by atoms with Crippen molar-refractivity contribution in [2.24, 2.45) is 5.92 Å². The molecule has 1 N–H and O–H groups in total. The van der Waals surface area contributed by atoms with E-state index < -0.39 is 0 Å².